The maximum atomic E-state index is 11.8. The number of benzene rings is 1. The molecule has 2 amide bonds. The van der Waals surface area contributed by atoms with Gasteiger partial charge in [-0.15, -0.1) is 0 Å². The van der Waals surface area contributed by atoms with Gasteiger partial charge >= 0.3 is 0 Å². The molecule has 1 aromatic carbocycles. The molecule has 0 aliphatic carbocycles. The summed E-state index contributed by atoms with van der Waals surface area (Å²) in [6.07, 6.45) is 4.42. The molecule has 20 heavy (non-hydrogen) atoms. The summed E-state index contributed by atoms with van der Waals surface area (Å²) in [6.45, 7) is 1.41. The van der Waals surface area contributed by atoms with E-state index in [1.807, 2.05) is 0 Å². The van der Waals surface area contributed by atoms with Crippen LogP contribution in [0.5, 0.6) is 0 Å². The Labute approximate surface area is 117 Å². The fourth-order valence-electron chi connectivity index (χ4n) is 1.57. The number of anilines is 1. The van der Waals surface area contributed by atoms with Gasteiger partial charge in [-0.2, -0.15) is 0 Å². The van der Waals surface area contributed by atoms with E-state index >= 15 is 0 Å². The molecule has 1 rings (SSSR count). The third-order valence-electron chi connectivity index (χ3n) is 2.35. The molecule has 0 saturated carbocycles. The van der Waals surface area contributed by atoms with E-state index < -0.39 is 0 Å². The first-order valence-electron chi connectivity index (χ1n) is 6.02. The van der Waals surface area contributed by atoms with Gasteiger partial charge in [-0.3, -0.25) is 9.59 Å². The summed E-state index contributed by atoms with van der Waals surface area (Å²) in [5.41, 5.74) is 12.1. The first kappa shape index (κ1) is 15.3. The van der Waals surface area contributed by atoms with Crippen LogP contribution >= 0.6 is 0 Å². The third-order valence-corrected chi connectivity index (χ3v) is 2.35. The molecule has 0 aliphatic rings. The molecule has 6 N–H and O–H groups in total. The average Bonchev–Trinajstić information content (AvgIpc) is 2.38. The molecule has 0 aromatic heterocycles. The van der Waals surface area contributed by atoms with E-state index in [-0.39, 0.29) is 24.1 Å². The predicted octanol–water partition coefficient (Wildman–Crippen LogP) is 0.576. The average molecular weight is 274 g/mol. The second-order valence-corrected chi connectivity index (χ2v) is 4.07. The maximum absolute atomic E-state index is 11.8. The van der Waals surface area contributed by atoms with Crippen LogP contribution in [-0.4, -0.2) is 11.8 Å². The van der Waals surface area contributed by atoms with Crippen LogP contribution in [0.25, 0.3) is 0 Å². The fourth-order valence-corrected chi connectivity index (χ4v) is 1.57. The number of carbonyl (C=O) groups is 2. The monoisotopic (exact) mass is 274 g/mol. The zero-order valence-electron chi connectivity index (χ0n) is 11.2. The van der Waals surface area contributed by atoms with Crippen LogP contribution in [0.1, 0.15) is 12.5 Å². The van der Waals surface area contributed by atoms with Gasteiger partial charge in [0, 0.05) is 12.6 Å². The van der Waals surface area contributed by atoms with E-state index in [1.54, 1.807) is 24.3 Å². The number of nitrogens with one attached hydrogen (secondary N) is 2. The Bertz CT molecular complexity index is 550. The smallest absolute Gasteiger partial charge is 0.229 e. The molecule has 0 aliphatic heterocycles. The number of hydrogen-bond acceptors (Lipinski definition) is 4. The number of carbonyl (C=O) groups excluding carboxylic acids is 2. The summed E-state index contributed by atoms with van der Waals surface area (Å²) < 4.78 is 0. The van der Waals surface area contributed by atoms with Crippen molar-refractivity contribution in [2.45, 2.75) is 13.3 Å². The van der Waals surface area contributed by atoms with Crippen molar-refractivity contribution in [1.82, 2.24) is 5.32 Å². The molecule has 0 spiro atoms. The van der Waals surface area contributed by atoms with E-state index in [0.29, 0.717) is 11.3 Å². The highest BCUT2D eigenvalue weighted by Crippen LogP contribution is 2.15. The summed E-state index contributed by atoms with van der Waals surface area (Å²) in [5, 5.41) is 5.20. The number of nitrogens with two attached hydrogens (primary N) is 2. The second kappa shape index (κ2) is 7.63. The molecule has 0 fully saturated rings. The largest absolute Gasteiger partial charge is 0.405 e. The summed E-state index contributed by atoms with van der Waals surface area (Å²) in [7, 11) is 0. The van der Waals surface area contributed by atoms with Crippen molar-refractivity contribution < 1.29 is 9.59 Å². The molecule has 6 nitrogen and oxygen atoms in total. The Morgan fingerprint density at radius 1 is 1.30 bits per heavy atom. The lowest BCUT2D eigenvalue weighted by molar-refractivity contribution is -0.119. The van der Waals surface area contributed by atoms with Crippen LogP contribution in [0.4, 0.5) is 5.69 Å². The Kier molecular flexibility index (Phi) is 5.83. The van der Waals surface area contributed by atoms with E-state index in [2.05, 4.69) is 10.6 Å². The van der Waals surface area contributed by atoms with Crippen molar-refractivity contribution in [1.29, 1.82) is 0 Å². The Morgan fingerprint density at radius 2 is 2.00 bits per heavy atom. The van der Waals surface area contributed by atoms with Gasteiger partial charge in [0.05, 0.1) is 6.42 Å². The van der Waals surface area contributed by atoms with Gasteiger partial charge in [0.15, 0.2) is 0 Å². The van der Waals surface area contributed by atoms with Gasteiger partial charge in [0.1, 0.15) is 5.82 Å². The number of rotatable bonds is 5. The predicted molar refractivity (Wildman–Crippen MR) is 78.2 cm³/mol. The van der Waals surface area contributed by atoms with Crippen LogP contribution in [-0.2, 0) is 16.0 Å². The first-order valence-corrected chi connectivity index (χ1v) is 6.02. The lowest BCUT2D eigenvalue weighted by Gasteiger charge is -2.10. The van der Waals surface area contributed by atoms with Crippen molar-refractivity contribution in [3.05, 3.63) is 54.0 Å². The minimum atomic E-state index is -0.276. The van der Waals surface area contributed by atoms with Crippen LogP contribution in [0.3, 0.4) is 0 Å². The summed E-state index contributed by atoms with van der Waals surface area (Å²) in [4.78, 5) is 22.9. The topological polar surface area (TPSA) is 110 Å². The van der Waals surface area contributed by atoms with Crippen LogP contribution in [0, 0.1) is 0 Å². The van der Waals surface area contributed by atoms with E-state index in [9.17, 15) is 9.59 Å². The Balaban J connectivity index is 2.73. The van der Waals surface area contributed by atoms with E-state index in [1.165, 1.54) is 25.3 Å². The van der Waals surface area contributed by atoms with Crippen LogP contribution in [0.2, 0.25) is 0 Å². The maximum Gasteiger partial charge on any atom is 0.229 e. The lowest BCUT2D eigenvalue weighted by atomic mass is 10.1. The molecule has 1 aromatic rings. The SMILES string of the molecule is CC(=O)Nc1ccccc1CC(=O)N/C(N)=C/C=C\N. The number of amides is 2. The number of para-hydroxylation sites is 1. The van der Waals surface area contributed by atoms with Gasteiger partial charge in [-0.1, -0.05) is 18.2 Å². The molecule has 0 bridgehead atoms. The van der Waals surface area contributed by atoms with Crippen molar-refractivity contribution in [3.63, 3.8) is 0 Å². The van der Waals surface area contributed by atoms with Crippen LogP contribution in [0.15, 0.2) is 48.4 Å². The van der Waals surface area contributed by atoms with Gasteiger partial charge < -0.3 is 22.1 Å². The molecule has 0 saturated heterocycles. The van der Waals surface area contributed by atoms with Crippen molar-refractivity contribution in [2.24, 2.45) is 11.5 Å². The number of allylic oxidation sites excluding steroid dienone is 2. The Hall–Kier alpha value is -2.76. The zero-order chi connectivity index (χ0) is 15.0. The molecule has 106 valence electrons. The highest BCUT2D eigenvalue weighted by atomic mass is 16.2. The van der Waals surface area contributed by atoms with Crippen LogP contribution < -0.4 is 22.1 Å². The third kappa shape index (κ3) is 5.26. The van der Waals surface area contributed by atoms with Crippen molar-refractivity contribution in [3.8, 4) is 0 Å². The lowest BCUT2D eigenvalue weighted by Crippen LogP contribution is -2.29. The summed E-state index contributed by atoms with van der Waals surface area (Å²) in [5.74, 6) is -0.263. The van der Waals surface area contributed by atoms with Crippen molar-refractivity contribution >= 4 is 17.5 Å². The standard InChI is InChI=1S/C14H18N4O2/c1-10(19)17-12-6-3-2-5-11(12)9-14(20)18-13(16)7-4-8-15/h2-8H,9,15-16H2,1H3,(H,17,19)(H,18,20)/b8-4-,13-7+. The van der Waals surface area contributed by atoms with Gasteiger partial charge in [0.2, 0.25) is 11.8 Å². The van der Waals surface area contributed by atoms with Gasteiger partial charge in [-0.05, 0) is 30.0 Å². The fraction of sp³-hybridized carbons (Fsp3) is 0.143. The quantitative estimate of drug-likeness (QED) is 0.588. The molecular formula is C14H18N4O2. The highest BCUT2D eigenvalue weighted by molar-refractivity contribution is 5.91. The van der Waals surface area contributed by atoms with E-state index in [0.717, 1.165) is 0 Å². The molecular weight excluding hydrogens is 256 g/mol. The molecule has 0 unspecified atom stereocenters. The van der Waals surface area contributed by atoms with E-state index in [4.69, 9.17) is 11.5 Å². The van der Waals surface area contributed by atoms with Gasteiger partial charge in [0.25, 0.3) is 0 Å². The normalized spacial score (nSPS) is 11.3. The second-order valence-electron chi connectivity index (χ2n) is 4.07. The highest BCUT2D eigenvalue weighted by Gasteiger charge is 2.08. The number of hydrogen-bond donors (Lipinski definition) is 4. The summed E-state index contributed by atoms with van der Waals surface area (Å²) >= 11 is 0. The van der Waals surface area contributed by atoms with Gasteiger partial charge in [-0.25, -0.2) is 0 Å². The van der Waals surface area contributed by atoms with Crippen molar-refractivity contribution in [2.75, 3.05) is 5.32 Å². The minimum Gasteiger partial charge on any atom is -0.405 e. The molecule has 0 radical (unpaired) electrons. The molecule has 0 atom stereocenters. The zero-order valence-corrected chi connectivity index (χ0v) is 11.2. The first-order chi connectivity index (χ1) is 9.52. The summed E-state index contributed by atoms with van der Waals surface area (Å²) in [6, 6.07) is 7.09. The molecule has 0 heterocycles. The Morgan fingerprint density at radius 3 is 2.65 bits per heavy atom. The minimum absolute atomic E-state index is 0.108. The molecule has 6 heteroatoms.